The second-order valence-electron chi connectivity index (χ2n) is 10.8. The summed E-state index contributed by atoms with van der Waals surface area (Å²) in [6, 6.07) is -0.510. The van der Waals surface area contributed by atoms with Crippen molar-refractivity contribution in [2.45, 2.75) is 108 Å². The van der Waals surface area contributed by atoms with Gasteiger partial charge in [0.05, 0.1) is 25.0 Å². The molecule has 0 saturated carbocycles. The van der Waals surface area contributed by atoms with Gasteiger partial charge in [-0.2, -0.15) is 0 Å². The van der Waals surface area contributed by atoms with Gasteiger partial charge in [0.1, 0.15) is 29.3 Å². The lowest BCUT2D eigenvalue weighted by Crippen LogP contribution is -2.68. The van der Waals surface area contributed by atoms with Gasteiger partial charge in [-0.1, -0.05) is 26.0 Å². The van der Waals surface area contributed by atoms with E-state index in [9.17, 15) is 19.5 Å². The zero-order valence-corrected chi connectivity index (χ0v) is 23.2. The topological polar surface area (TPSA) is 174 Å². The van der Waals surface area contributed by atoms with Crippen molar-refractivity contribution in [3.63, 3.8) is 0 Å². The summed E-state index contributed by atoms with van der Waals surface area (Å²) in [5.41, 5.74) is -0.0591. The Morgan fingerprint density at radius 2 is 1.95 bits per heavy atom. The number of aliphatic hydroxyl groups is 2. The van der Waals surface area contributed by atoms with Gasteiger partial charge in [-0.05, 0) is 20.8 Å². The first-order chi connectivity index (χ1) is 17.1. The Balaban J connectivity index is 0.000000261. The van der Waals surface area contributed by atoms with Crippen LogP contribution in [0.4, 0.5) is 4.79 Å². The van der Waals surface area contributed by atoms with Crippen LogP contribution in [0.15, 0.2) is 6.20 Å². The fraction of sp³-hybridized carbons (Fsp3) is 0.783. The molecule has 2 aliphatic heterocycles. The first-order valence-corrected chi connectivity index (χ1v) is 12.9. The van der Waals surface area contributed by atoms with E-state index in [0.717, 1.165) is 0 Å². The summed E-state index contributed by atoms with van der Waals surface area (Å²) in [4.78, 5) is 33.7. The van der Waals surface area contributed by atoms with E-state index in [4.69, 9.17) is 19.3 Å². The highest BCUT2D eigenvalue weighted by molar-refractivity contribution is 8.01. The highest BCUT2D eigenvalue weighted by Gasteiger charge is 2.43. The number of rotatable bonds is 6. The third-order valence-corrected chi connectivity index (χ3v) is 6.21. The third-order valence-electron chi connectivity index (χ3n) is 4.86. The number of thioether (sulfide) groups is 1. The van der Waals surface area contributed by atoms with Crippen molar-refractivity contribution < 1.29 is 38.8 Å². The molecule has 0 bridgehead atoms. The molecule has 3 rings (SSSR count). The molecule has 0 spiro atoms. The number of nitrogens with one attached hydrogen (secondary N) is 2. The molecule has 4 N–H and O–H groups in total. The molecule has 5 atom stereocenters. The SMILES string of the molecule is CC(=O)OCc1cn(C2CC(O)CC(CO)O2)nn1.CC(C)(C)OC(=O)NC1C(=O)NC1SC(C)(C)C. The summed E-state index contributed by atoms with van der Waals surface area (Å²) in [6.07, 6.45) is 0.405. The van der Waals surface area contributed by atoms with E-state index in [1.54, 1.807) is 38.7 Å². The molecule has 2 fully saturated rings. The average Bonchev–Trinajstić information content (AvgIpc) is 3.23. The summed E-state index contributed by atoms with van der Waals surface area (Å²) in [6.45, 7) is 12.8. The zero-order valence-electron chi connectivity index (χ0n) is 22.4. The number of aliphatic hydroxyl groups excluding tert-OH is 2. The molecule has 2 amide bonds. The minimum Gasteiger partial charge on any atom is -0.459 e. The molecule has 210 valence electrons. The Morgan fingerprint density at radius 1 is 1.27 bits per heavy atom. The lowest BCUT2D eigenvalue weighted by Gasteiger charge is -2.39. The van der Waals surface area contributed by atoms with Gasteiger partial charge in [0.25, 0.3) is 0 Å². The van der Waals surface area contributed by atoms with Gasteiger partial charge in [0.2, 0.25) is 5.91 Å². The molecule has 0 radical (unpaired) electrons. The fourth-order valence-corrected chi connectivity index (χ4v) is 4.62. The molecule has 1 aromatic rings. The number of hydrogen-bond donors (Lipinski definition) is 4. The maximum atomic E-state index is 11.6. The van der Waals surface area contributed by atoms with Crippen molar-refractivity contribution in [2.75, 3.05) is 6.61 Å². The first-order valence-electron chi connectivity index (χ1n) is 12.0. The Bertz CT molecular complexity index is 929. The molecule has 5 unspecified atom stereocenters. The van der Waals surface area contributed by atoms with Crippen LogP contribution in [0, 0.1) is 0 Å². The van der Waals surface area contributed by atoms with Crippen LogP contribution in [0.2, 0.25) is 0 Å². The number of hydrogen-bond acceptors (Lipinski definition) is 11. The van der Waals surface area contributed by atoms with E-state index in [1.807, 2.05) is 0 Å². The van der Waals surface area contributed by atoms with E-state index in [-0.39, 0.29) is 35.2 Å². The van der Waals surface area contributed by atoms with Crippen molar-refractivity contribution in [3.8, 4) is 0 Å². The number of alkyl carbamates (subject to hydrolysis) is 1. The van der Waals surface area contributed by atoms with E-state index in [0.29, 0.717) is 18.5 Å². The minimum atomic E-state index is -0.559. The molecule has 2 saturated heterocycles. The zero-order chi connectivity index (χ0) is 28.0. The number of β-lactam (4-membered cyclic amide) rings is 1. The smallest absolute Gasteiger partial charge is 0.408 e. The number of esters is 1. The van der Waals surface area contributed by atoms with Crippen molar-refractivity contribution in [2.24, 2.45) is 0 Å². The van der Waals surface area contributed by atoms with E-state index in [1.165, 1.54) is 11.6 Å². The lowest BCUT2D eigenvalue weighted by atomic mass is 10.1. The van der Waals surface area contributed by atoms with Gasteiger partial charge >= 0.3 is 12.1 Å². The summed E-state index contributed by atoms with van der Waals surface area (Å²) < 4.78 is 17.0. The van der Waals surface area contributed by atoms with Crippen molar-refractivity contribution in [1.29, 1.82) is 0 Å². The Labute approximate surface area is 221 Å². The van der Waals surface area contributed by atoms with Crippen molar-refractivity contribution in [3.05, 3.63) is 11.9 Å². The van der Waals surface area contributed by atoms with Crippen LogP contribution >= 0.6 is 11.8 Å². The highest BCUT2D eigenvalue weighted by Crippen LogP contribution is 2.32. The van der Waals surface area contributed by atoms with Crippen LogP contribution in [0.5, 0.6) is 0 Å². The maximum Gasteiger partial charge on any atom is 0.408 e. The molecule has 14 heteroatoms. The van der Waals surface area contributed by atoms with Crippen LogP contribution in [0.3, 0.4) is 0 Å². The van der Waals surface area contributed by atoms with Gasteiger partial charge in [0.15, 0.2) is 6.23 Å². The minimum absolute atomic E-state index is 0.0201. The summed E-state index contributed by atoms with van der Waals surface area (Å²) in [5, 5.41) is 31.8. The highest BCUT2D eigenvalue weighted by atomic mass is 32.2. The van der Waals surface area contributed by atoms with Crippen LogP contribution in [-0.2, 0) is 30.4 Å². The number of nitrogens with zero attached hydrogens (tertiary/aromatic N) is 3. The van der Waals surface area contributed by atoms with Crippen molar-refractivity contribution >= 4 is 29.7 Å². The molecular formula is C23H39N5O8S. The molecule has 0 aliphatic carbocycles. The van der Waals surface area contributed by atoms with Crippen molar-refractivity contribution in [1.82, 2.24) is 25.6 Å². The standard InChI is InChI=1S/C12H22N2O3S.C11H17N3O5/c1-11(2,3)17-10(16)13-7-8(15)14-9(7)18-12(4,5)6;1-7(16)18-6-8-4-14(13-12-8)11-3-9(17)2-10(5-15)19-11/h7,9H,1-6H3,(H,13,16)(H,14,15);4,9-11,15,17H,2-3,5-6H2,1H3. The van der Waals surface area contributed by atoms with E-state index in [2.05, 4.69) is 41.7 Å². The summed E-state index contributed by atoms with van der Waals surface area (Å²) in [7, 11) is 0. The Kier molecular flexibility index (Phi) is 10.7. The summed E-state index contributed by atoms with van der Waals surface area (Å²) in [5.74, 6) is -0.554. The molecule has 13 nitrogen and oxygen atoms in total. The van der Waals surface area contributed by atoms with Gasteiger partial charge in [-0.25, -0.2) is 9.48 Å². The number of amides is 2. The molecule has 0 aromatic carbocycles. The van der Waals surface area contributed by atoms with E-state index >= 15 is 0 Å². The summed E-state index contributed by atoms with van der Waals surface area (Å²) >= 11 is 1.61. The lowest BCUT2D eigenvalue weighted by molar-refractivity contribution is -0.146. The number of carbonyl (C=O) groups is 3. The van der Waals surface area contributed by atoms with Crippen LogP contribution < -0.4 is 10.6 Å². The predicted octanol–water partition coefficient (Wildman–Crippen LogP) is 1.24. The van der Waals surface area contributed by atoms with Gasteiger partial charge < -0.3 is 35.1 Å². The van der Waals surface area contributed by atoms with Crippen LogP contribution in [0.1, 0.15) is 73.2 Å². The molecule has 3 heterocycles. The largest absolute Gasteiger partial charge is 0.459 e. The molecular weight excluding hydrogens is 506 g/mol. The Hall–Kier alpha value is -2.42. The van der Waals surface area contributed by atoms with Crippen LogP contribution in [0.25, 0.3) is 0 Å². The van der Waals surface area contributed by atoms with Crippen LogP contribution in [-0.4, -0.2) is 83.8 Å². The van der Waals surface area contributed by atoms with Gasteiger partial charge in [-0.15, -0.1) is 16.9 Å². The first kappa shape index (κ1) is 30.8. The quantitative estimate of drug-likeness (QED) is 0.299. The second kappa shape index (κ2) is 12.9. The monoisotopic (exact) mass is 545 g/mol. The van der Waals surface area contributed by atoms with Gasteiger partial charge in [-0.3, -0.25) is 9.59 Å². The third kappa shape index (κ3) is 10.8. The average molecular weight is 546 g/mol. The Morgan fingerprint density at radius 3 is 2.49 bits per heavy atom. The van der Waals surface area contributed by atoms with Gasteiger partial charge in [0, 0.05) is 24.5 Å². The number of carbonyl (C=O) groups excluding carboxylic acids is 3. The normalized spacial score (nSPS) is 25.6. The number of aromatic nitrogens is 3. The molecule has 2 aliphatic rings. The fourth-order valence-electron chi connectivity index (χ4n) is 3.36. The molecule has 37 heavy (non-hydrogen) atoms. The second-order valence-corrected chi connectivity index (χ2v) is 12.7. The molecule has 1 aromatic heterocycles. The van der Waals surface area contributed by atoms with E-state index < -0.39 is 36.2 Å². The maximum absolute atomic E-state index is 11.6. The number of ether oxygens (including phenoxy) is 3. The predicted molar refractivity (Wildman–Crippen MR) is 134 cm³/mol.